The maximum Gasteiger partial charge on any atom is 0.355 e. The summed E-state index contributed by atoms with van der Waals surface area (Å²) in [6.45, 7) is 2.85. The summed E-state index contributed by atoms with van der Waals surface area (Å²) in [5, 5.41) is 13.6. The molecule has 0 aliphatic heterocycles. The van der Waals surface area contributed by atoms with Crippen LogP contribution >= 0.6 is 11.3 Å². The molecule has 0 spiro atoms. The third-order valence-electron chi connectivity index (χ3n) is 3.26. The lowest BCUT2D eigenvalue weighted by molar-refractivity contribution is -0.121. The van der Waals surface area contributed by atoms with E-state index in [1.807, 2.05) is 31.2 Å². The standard InChI is InChI=1S/C17H20N2O4S/c1-12-5-4-6-13(9-12)23-8-3-2-7-15(20)18-10-16-19-14(11-24-16)17(21)22/h4-6,9,11H,2-3,7-8,10H2,1H3,(H,18,20)(H,21,22). The molecule has 0 radical (unpaired) electrons. The molecule has 0 unspecified atom stereocenters. The molecule has 0 aliphatic carbocycles. The van der Waals surface area contributed by atoms with E-state index in [4.69, 9.17) is 9.84 Å². The number of aromatic carboxylic acids is 1. The maximum atomic E-state index is 11.7. The molecule has 1 aromatic heterocycles. The van der Waals surface area contributed by atoms with Crippen molar-refractivity contribution >= 4 is 23.2 Å². The number of carbonyl (C=O) groups is 2. The number of benzene rings is 1. The summed E-state index contributed by atoms with van der Waals surface area (Å²) < 4.78 is 5.63. The van der Waals surface area contributed by atoms with Gasteiger partial charge >= 0.3 is 5.97 Å². The number of carboxylic acids is 1. The third-order valence-corrected chi connectivity index (χ3v) is 4.11. The smallest absolute Gasteiger partial charge is 0.355 e. The summed E-state index contributed by atoms with van der Waals surface area (Å²) in [6, 6.07) is 7.86. The van der Waals surface area contributed by atoms with E-state index < -0.39 is 5.97 Å². The van der Waals surface area contributed by atoms with Gasteiger partial charge in [-0.1, -0.05) is 12.1 Å². The Morgan fingerprint density at radius 2 is 2.17 bits per heavy atom. The number of ether oxygens (including phenoxy) is 1. The molecule has 2 rings (SSSR count). The van der Waals surface area contributed by atoms with Gasteiger partial charge in [-0.25, -0.2) is 9.78 Å². The lowest BCUT2D eigenvalue weighted by Crippen LogP contribution is -2.22. The van der Waals surface area contributed by atoms with Crippen LogP contribution in [0.1, 0.15) is 40.3 Å². The van der Waals surface area contributed by atoms with Gasteiger partial charge in [0.25, 0.3) is 0 Å². The molecule has 0 saturated carbocycles. The largest absolute Gasteiger partial charge is 0.494 e. The van der Waals surface area contributed by atoms with E-state index >= 15 is 0 Å². The van der Waals surface area contributed by atoms with Gasteiger partial charge in [-0.3, -0.25) is 4.79 Å². The Balaban J connectivity index is 1.58. The molecule has 0 fully saturated rings. The van der Waals surface area contributed by atoms with Gasteiger partial charge in [0.2, 0.25) is 5.91 Å². The predicted octanol–water partition coefficient (Wildman–Crippen LogP) is 3.02. The second-order valence-electron chi connectivity index (χ2n) is 5.33. The number of aromatic nitrogens is 1. The Kier molecular flexibility index (Phi) is 6.74. The van der Waals surface area contributed by atoms with Gasteiger partial charge in [0.1, 0.15) is 10.8 Å². The third kappa shape index (κ3) is 6.00. The van der Waals surface area contributed by atoms with Crippen molar-refractivity contribution in [2.24, 2.45) is 0 Å². The predicted molar refractivity (Wildman–Crippen MR) is 91.4 cm³/mol. The molecule has 0 aliphatic rings. The Morgan fingerprint density at radius 3 is 2.88 bits per heavy atom. The van der Waals surface area contributed by atoms with Crippen molar-refractivity contribution in [3.8, 4) is 5.75 Å². The Bertz CT molecular complexity index is 699. The fraction of sp³-hybridized carbons (Fsp3) is 0.353. The highest BCUT2D eigenvalue weighted by atomic mass is 32.1. The number of hydrogen-bond acceptors (Lipinski definition) is 5. The van der Waals surface area contributed by atoms with Gasteiger partial charge in [-0.2, -0.15) is 0 Å². The number of carbonyl (C=O) groups excluding carboxylic acids is 1. The topological polar surface area (TPSA) is 88.5 Å². The molecular weight excluding hydrogens is 328 g/mol. The lowest BCUT2D eigenvalue weighted by Gasteiger charge is -2.07. The summed E-state index contributed by atoms with van der Waals surface area (Å²) >= 11 is 1.22. The first-order valence-electron chi connectivity index (χ1n) is 7.68. The van der Waals surface area contributed by atoms with Crippen LogP contribution in [0, 0.1) is 6.92 Å². The first kappa shape index (κ1) is 17.9. The van der Waals surface area contributed by atoms with Gasteiger partial charge in [-0.05, 0) is 37.5 Å². The van der Waals surface area contributed by atoms with E-state index in [0.29, 0.717) is 18.0 Å². The van der Waals surface area contributed by atoms with Crippen LogP contribution in [0.5, 0.6) is 5.75 Å². The minimum Gasteiger partial charge on any atom is -0.494 e. The molecule has 128 valence electrons. The average Bonchev–Trinajstić information content (AvgIpc) is 3.02. The molecular formula is C17H20N2O4S. The molecule has 0 atom stereocenters. The van der Waals surface area contributed by atoms with E-state index in [1.54, 1.807) is 0 Å². The van der Waals surface area contributed by atoms with Crippen LogP contribution in [-0.4, -0.2) is 28.6 Å². The number of aryl methyl sites for hydroxylation is 1. The SMILES string of the molecule is Cc1cccc(OCCCCC(=O)NCc2nc(C(=O)O)cs2)c1. The summed E-state index contributed by atoms with van der Waals surface area (Å²) in [6.07, 6.45) is 1.94. The normalized spacial score (nSPS) is 10.4. The number of nitrogens with zero attached hydrogens (tertiary/aromatic N) is 1. The highest BCUT2D eigenvalue weighted by molar-refractivity contribution is 7.09. The fourth-order valence-corrected chi connectivity index (χ4v) is 2.74. The molecule has 7 heteroatoms. The van der Waals surface area contributed by atoms with Crippen molar-refractivity contribution in [3.63, 3.8) is 0 Å². The number of unbranched alkanes of at least 4 members (excludes halogenated alkanes) is 1. The number of nitrogens with one attached hydrogen (secondary N) is 1. The van der Waals surface area contributed by atoms with Crippen molar-refractivity contribution in [2.45, 2.75) is 32.7 Å². The number of carboxylic acid groups (broad SMARTS) is 1. The van der Waals surface area contributed by atoms with Crippen molar-refractivity contribution in [3.05, 3.63) is 45.9 Å². The van der Waals surface area contributed by atoms with Gasteiger partial charge in [0.05, 0.1) is 13.2 Å². The number of hydrogen-bond donors (Lipinski definition) is 2. The van der Waals surface area contributed by atoms with Crippen LogP contribution < -0.4 is 10.1 Å². The molecule has 0 bridgehead atoms. The minimum absolute atomic E-state index is 0.0116. The van der Waals surface area contributed by atoms with Crippen LogP contribution in [0.2, 0.25) is 0 Å². The molecule has 1 aromatic carbocycles. The van der Waals surface area contributed by atoms with Crippen LogP contribution in [0.3, 0.4) is 0 Å². The molecule has 6 nitrogen and oxygen atoms in total. The van der Waals surface area contributed by atoms with Crippen LogP contribution in [0.4, 0.5) is 0 Å². The zero-order valence-electron chi connectivity index (χ0n) is 13.4. The van der Waals surface area contributed by atoms with Gasteiger partial charge < -0.3 is 15.2 Å². The average molecular weight is 348 g/mol. The molecule has 0 saturated heterocycles. The van der Waals surface area contributed by atoms with E-state index in [0.717, 1.165) is 24.2 Å². The van der Waals surface area contributed by atoms with Crippen molar-refractivity contribution in [1.29, 1.82) is 0 Å². The van der Waals surface area contributed by atoms with E-state index in [9.17, 15) is 9.59 Å². The first-order valence-corrected chi connectivity index (χ1v) is 8.56. The van der Waals surface area contributed by atoms with E-state index in [-0.39, 0.29) is 18.1 Å². The quantitative estimate of drug-likeness (QED) is 0.680. The van der Waals surface area contributed by atoms with Crippen LogP contribution in [0.15, 0.2) is 29.6 Å². The molecule has 1 heterocycles. The number of amides is 1. The monoisotopic (exact) mass is 348 g/mol. The zero-order valence-corrected chi connectivity index (χ0v) is 14.3. The van der Waals surface area contributed by atoms with Gasteiger partial charge in [0, 0.05) is 11.8 Å². The van der Waals surface area contributed by atoms with Gasteiger partial charge in [-0.15, -0.1) is 11.3 Å². The fourth-order valence-electron chi connectivity index (χ4n) is 2.04. The highest BCUT2D eigenvalue weighted by Gasteiger charge is 2.09. The van der Waals surface area contributed by atoms with Crippen molar-refractivity contribution < 1.29 is 19.4 Å². The second-order valence-corrected chi connectivity index (χ2v) is 6.27. The van der Waals surface area contributed by atoms with Crippen LogP contribution in [0.25, 0.3) is 0 Å². The Hall–Kier alpha value is -2.41. The zero-order chi connectivity index (χ0) is 17.4. The summed E-state index contributed by atoms with van der Waals surface area (Å²) in [4.78, 5) is 26.4. The minimum atomic E-state index is -1.06. The van der Waals surface area contributed by atoms with E-state index in [1.165, 1.54) is 16.7 Å². The van der Waals surface area contributed by atoms with Gasteiger partial charge in [0.15, 0.2) is 5.69 Å². The molecule has 1 amide bonds. The molecule has 2 N–H and O–H groups in total. The number of rotatable bonds is 9. The summed E-state index contributed by atoms with van der Waals surface area (Å²) in [5.74, 6) is -0.285. The Labute approximate surface area is 144 Å². The van der Waals surface area contributed by atoms with E-state index in [2.05, 4.69) is 10.3 Å². The molecule has 2 aromatic rings. The molecule has 24 heavy (non-hydrogen) atoms. The Morgan fingerprint density at radius 1 is 1.33 bits per heavy atom. The second kappa shape index (κ2) is 9.02. The maximum absolute atomic E-state index is 11.7. The summed E-state index contributed by atoms with van der Waals surface area (Å²) in [7, 11) is 0. The number of thiazole rings is 1. The highest BCUT2D eigenvalue weighted by Crippen LogP contribution is 2.13. The lowest BCUT2D eigenvalue weighted by atomic mass is 10.2. The van der Waals surface area contributed by atoms with Crippen molar-refractivity contribution in [2.75, 3.05) is 6.61 Å². The van der Waals surface area contributed by atoms with Crippen LogP contribution in [-0.2, 0) is 11.3 Å². The first-order chi connectivity index (χ1) is 11.5. The van der Waals surface area contributed by atoms with Crippen molar-refractivity contribution in [1.82, 2.24) is 10.3 Å². The summed E-state index contributed by atoms with van der Waals surface area (Å²) in [5.41, 5.74) is 1.16.